The second kappa shape index (κ2) is 18.8. The molecule has 1 N–H and O–H groups in total. The molecule has 0 radical (unpaired) electrons. The van der Waals surface area contributed by atoms with Crippen LogP contribution in [-0.2, 0) is 16.0 Å². The van der Waals surface area contributed by atoms with Gasteiger partial charge in [-0.3, -0.25) is 4.79 Å². The Labute approximate surface area is 198 Å². The van der Waals surface area contributed by atoms with Crippen LogP contribution in [0.25, 0.3) is 0 Å². The van der Waals surface area contributed by atoms with E-state index < -0.39 is 4.92 Å². The molecule has 0 atom stereocenters. The molecule has 0 saturated heterocycles. The summed E-state index contributed by atoms with van der Waals surface area (Å²) in [6.07, 6.45) is 26.2. The monoisotopic (exact) mass is 459 g/mol. The number of carbonyl (C=O) groups excluding carboxylic acids is 1. The van der Waals surface area contributed by atoms with Gasteiger partial charge in [0.25, 0.3) is 0 Å². The van der Waals surface area contributed by atoms with E-state index in [-0.39, 0.29) is 24.8 Å². The number of nitrogens with zero attached hydrogens (tertiary/aromatic N) is 2. The number of ether oxygens (including phenoxy) is 1. The standard InChI is InChI=1S/C26H41N3O4/c1-3-4-5-6-7-8-9-10-11-12-13-14-15-16-17-18-19-20-25(30)33-22-21-24-26(29(31)32)28-23(2)27-24/h7-8,10-11,13-14H,3-6,9,12,15-22H2,1-2H3,(H,27,28)/b8-7-,11-10-,14-13-. The number of aryl methyl sites for hydroxylation is 1. The van der Waals surface area contributed by atoms with Gasteiger partial charge in [0.1, 0.15) is 5.69 Å². The third kappa shape index (κ3) is 14.9. The Bertz CT molecular complexity index is 766. The van der Waals surface area contributed by atoms with E-state index in [0.29, 0.717) is 17.9 Å². The molecule has 1 aromatic rings. The smallest absolute Gasteiger partial charge is 0.344 e. The lowest BCUT2D eigenvalue weighted by molar-refractivity contribution is -0.390. The molecule has 0 aliphatic heterocycles. The van der Waals surface area contributed by atoms with Gasteiger partial charge in [-0.2, -0.15) is 0 Å². The molecular formula is C26H41N3O4. The molecule has 0 aromatic carbocycles. The topological polar surface area (TPSA) is 98.1 Å². The summed E-state index contributed by atoms with van der Waals surface area (Å²) in [5.74, 6) is 0.0987. The number of unbranched alkanes of at least 4 members (excludes halogenated alkanes) is 7. The summed E-state index contributed by atoms with van der Waals surface area (Å²) in [6, 6.07) is 0. The third-order valence-corrected chi connectivity index (χ3v) is 5.18. The van der Waals surface area contributed by atoms with Crippen LogP contribution in [0.3, 0.4) is 0 Å². The number of esters is 1. The molecule has 1 heterocycles. The van der Waals surface area contributed by atoms with E-state index in [4.69, 9.17) is 4.74 Å². The van der Waals surface area contributed by atoms with Gasteiger partial charge >= 0.3 is 11.8 Å². The van der Waals surface area contributed by atoms with Gasteiger partial charge in [-0.15, -0.1) is 0 Å². The average Bonchev–Trinajstić information content (AvgIpc) is 3.16. The molecule has 184 valence electrons. The molecule has 0 unspecified atom stereocenters. The first-order chi connectivity index (χ1) is 16.0. The lowest BCUT2D eigenvalue weighted by Gasteiger charge is -2.04. The molecule has 1 aromatic heterocycles. The fraction of sp³-hybridized carbons (Fsp3) is 0.615. The highest BCUT2D eigenvalue weighted by atomic mass is 16.6. The van der Waals surface area contributed by atoms with Crippen LogP contribution in [0.1, 0.15) is 95.5 Å². The molecule has 33 heavy (non-hydrogen) atoms. The van der Waals surface area contributed by atoms with Crippen molar-refractivity contribution >= 4 is 11.8 Å². The zero-order chi connectivity index (χ0) is 24.2. The fourth-order valence-electron chi connectivity index (χ4n) is 3.36. The molecule has 0 amide bonds. The summed E-state index contributed by atoms with van der Waals surface area (Å²) in [6.45, 7) is 4.00. The van der Waals surface area contributed by atoms with Crippen molar-refractivity contribution in [2.45, 2.75) is 97.3 Å². The number of rotatable bonds is 19. The largest absolute Gasteiger partial charge is 0.465 e. The number of allylic oxidation sites excluding steroid dienone is 6. The zero-order valence-electron chi connectivity index (χ0n) is 20.4. The van der Waals surface area contributed by atoms with Crippen molar-refractivity contribution in [2.24, 2.45) is 0 Å². The Morgan fingerprint density at radius 1 is 0.970 bits per heavy atom. The molecule has 0 saturated carbocycles. The van der Waals surface area contributed by atoms with E-state index in [9.17, 15) is 14.9 Å². The van der Waals surface area contributed by atoms with E-state index in [1.807, 2.05) is 0 Å². The van der Waals surface area contributed by atoms with Gasteiger partial charge in [0.05, 0.1) is 6.61 Å². The van der Waals surface area contributed by atoms with Crippen molar-refractivity contribution < 1.29 is 14.5 Å². The molecule has 7 nitrogen and oxygen atoms in total. The minimum absolute atomic E-state index is 0.110. The van der Waals surface area contributed by atoms with Crippen LogP contribution in [0.15, 0.2) is 36.5 Å². The van der Waals surface area contributed by atoms with Gasteiger partial charge in [-0.1, -0.05) is 69.1 Å². The number of aromatic amines is 1. The minimum Gasteiger partial charge on any atom is -0.465 e. The molecule has 0 fully saturated rings. The van der Waals surface area contributed by atoms with Gasteiger partial charge in [0, 0.05) is 19.8 Å². The Balaban J connectivity index is 1.96. The van der Waals surface area contributed by atoms with E-state index in [1.54, 1.807) is 6.92 Å². The van der Waals surface area contributed by atoms with Crippen LogP contribution in [0.5, 0.6) is 0 Å². The summed E-state index contributed by atoms with van der Waals surface area (Å²) in [5.41, 5.74) is 0.323. The van der Waals surface area contributed by atoms with Gasteiger partial charge in [0.2, 0.25) is 0 Å². The summed E-state index contributed by atoms with van der Waals surface area (Å²) < 4.78 is 5.18. The second-order valence-corrected chi connectivity index (χ2v) is 8.18. The number of carbonyl (C=O) groups is 1. The summed E-state index contributed by atoms with van der Waals surface area (Å²) in [7, 11) is 0. The van der Waals surface area contributed by atoms with E-state index in [0.717, 1.165) is 44.9 Å². The Morgan fingerprint density at radius 2 is 1.58 bits per heavy atom. The Hall–Kier alpha value is -2.70. The lowest BCUT2D eigenvalue weighted by Crippen LogP contribution is -2.08. The number of hydrogen-bond donors (Lipinski definition) is 1. The van der Waals surface area contributed by atoms with Crippen molar-refractivity contribution in [3.8, 4) is 0 Å². The molecule has 0 bridgehead atoms. The third-order valence-electron chi connectivity index (χ3n) is 5.18. The van der Waals surface area contributed by atoms with Crippen molar-refractivity contribution in [2.75, 3.05) is 6.61 Å². The summed E-state index contributed by atoms with van der Waals surface area (Å²) in [5, 5.41) is 10.9. The first kappa shape index (κ1) is 28.3. The molecule has 1 rings (SSSR count). The second-order valence-electron chi connectivity index (χ2n) is 8.18. The summed E-state index contributed by atoms with van der Waals surface area (Å²) >= 11 is 0. The van der Waals surface area contributed by atoms with Crippen molar-refractivity contribution in [3.63, 3.8) is 0 Å². The maximum Gasteiger partial charge on any atom is 0.344 e. The molecule has 7 heteroatoms. The van der Waals surface area contributed by atoms with Crippen LogP contribution in [0, 0.1) is 17.0 Å². The molecule has 0 aliphatic carbocycles. The number of nitro groups is 1. The summed E-state index contributed by atoms with van der Waals surface area (Å²) in [4.78, 5) is 28.9. The maximum absolute atomic E-state index is 11.8. The average molecular weight is 460 g/mol. The van der Waals surface area contributed by atoms with E-state index in [2.05, 4.69) is 53.3 Å². The first-order valence-electron chi connectivity index (χ1n) is 12.3. The van der Waals surface area contributed by atoms with Gasteiger partial charge in [0.15, 0.2) is 5.82 Å². The number of nitrogens with one attached hydrogen (secondary N) is 1. The molecule has 0 spiro atoms. The van der Waals surface area contributed by atoms with E-state index in [1.165, 1.54) is 25.7 Å². The van der Waals surface area contributed by atoms with Crippen LogP contribution < -0.4 is 0 Å². The van der Waals surface area contributed by atoms with Crippen molar-refractivity contribution in [1.82, 2.24) is 9.97 Å². The van der Waals surface area contributed by atoms with Gasteiger partial charge in [-0.05, 0) is 49.9 Å². The Morgan fingerprint density at radius 3 is 2.21 bits per heavy atom. The number of hydrogen-bond acceptors (Lipinski definition) is 5. The first-order valence-corrected chi connectivity index (χ1v) is 12.3. The van der Waals surface area contributed by atoms with Crippen LogP contribution in [0.4, 0.5) is 5.82 Å². The molecule has 0 aliphatic rings. The van der Waals surface area contributed by atoms with Crippen LogP contribution >= 0.6 is 0 Å². The van der Waals surface area contributed by atoms with Crippen molar-refractivity contribution in [3.05, 3.63) is 58.1 Å². The highest BCUT2D eigenvalue weighted by molar-refractivity contribution is 5.69. The minimum atomic E-state index is -0.502. The maximum atomic E-state index is 11.8. The van der Waals surface area contributed by atoms with Gasteiger partial charge < -0.3 is 14.9 Å². The van der Waals surface area contributed by atoms with E-state index >= 15 is 0 Å². The lowest BCUT2D eigenvalue weighted by atomic mass is 10.1. The van der Waals surface area contributed by atoms with Crippen molar-refractivity contribution in [1.29, 1.82) is 0 Å². The number of aromatic nitrogens is 2. The number of imidazole rings is 1. The predicted octanol–water partition coefficient (Wildman–Crippen LogP) is 7.08. The molecular weight excluding hydrogens is 418 g/mol. The number of H-pyrrole nitrogens is 1. The zero-order valence-corrected chi connectivity index (χ0v) is 20.4. The predicted molar refractivity (Wildman–Crippen MR) is 133 cm³/mol. The highest BCUT2D eigenvalue weighted by Gasteiger charge is 2.18. The SMILES string of the molecule is CCCCC/C=C\C/C=C\C/C=C\CCCCCCC(=O)OCCc1nc(C)[nH]c1[N+](=O)[O-]. The van der Waals surface area contributed by atoms with Crippen LogP contribution in [-0.4, -0.2) is 27.5 Å². The Kier molecular flexibility index (Phi) is 16.2. The highest BCUT2D eigenvalue weighted by Crippen LogP contribution is 2.15. The normalized spacial score (nSPS) is 11.8. The van der Waals surface area contributed by atoms with Crippen LogP contribution in [0.2, 0.25) is 0 Å². The fourth-order valence-corrected chi connectivity index (χ4v) is 3.36. The quantitative estimate of drug-likeness (QED) is 0.0783. The van der Waals surface area contributed by atoms with Gasteiger partial charge in [-0.25, -0.2) is 9.97 Å².